The van der Waals surface area contributed by atoms with E-state index < -0.39 is 0 Å². The minimum atomic E-state index is 0.370. The summed E-state index contributed by atoms with van der Waals surface area (Å²) in [5.41, 5.74) is 0.371. The van der Waals surface area contributed by atoms with Gasteiger partial charge in [-0.2, -0.15) is 0 Å². The van der Waals surface area contributed by atoms with E-state index in [1.54, 1.807) is 11.3 Å². The van der Waals surface area contributed by atoms with Crippen LogP contribution in [-0.2, 0) is 0 Å². The molecule has 2 nitrogen and oxygen atoms in total. The molecule has 1 N–H and O–H groups in total. The van der Waals surface area contributed by atoms with E-state index >= 15 is 0 Å². The quantitative estimate of drug-likeness (QED) is 0.850. The van der Waals surface area contributed by atoms with Crippen LogP contribution in [-0.4, -0.2) is 11.5 Å². The van der Waals surface area contributed by atoms with E-state index in [1.165, 1.54) is 5.01 Å². The Morgan fingerprint density at radius 1 is 1.40 bits per heavy atom. The molecule has 0 bridgehead atoms. The number of hydrogen-bond acceptors (Lipinski definition) is 3. The van der Waals surface area contributed by atoms with Crippen molar-refractivity contribution in [1.82, 2.24) is 10.3 Å². The zero-order chi connectivity index (χ0) is 11.5. The molecule has 0 aliphatic rings. The molecular formula is C12H22N2S. The maximum Gasteiger partial charge on any atom is 0.109 e. The van der Waals surface area contributed by atoms with Crippen LogP contribution < -0.4 is 5.32 Å². The minimum Gasteiger partial charge on any atom is -0.308 e. The van der Waals surface area contributed by atoms with Gasteiger partial charge in [-0.3, -0.25) is 0 Å². The van der Waals surface area contributed by atoms with E-state index in [0.29, 0.717) is 17.4 Å². The summed E-state index contributed by atoms with van der Waals surface area (Å²) < 4.78 is 0. The maximum absolute atomic E-state index is 4.31. The van der Waals surface area contributed by atoms with Gasteiger partial charge in [0.05, 0.1) is 6.04 Å². The molecule has 0 fully saturated rings. The van der Waals surface area contributed by atoms with Crippen molar-refractivity contribution in [3.05, 3.63) is 16.6 Å². The average molecular weight is 226 g/mol. The predicted molar refractivity (Wildman–Crippen MR) is 67.2 cm³/mol. The maximum atomic E-state index is 4.31. The van der Waals surface area contributed by atoms with Crippen LogP contribution in [0.5, 0.6) is 0 Å². The average Bonchev–Trinajstić information content (AvgIpc) is 2.64. The van der Waals surface area contributed by atoms with E-state index in [9.17, 15) is 0 Å². The molecule has 1 heterocycles. The van der Waals surface area contributed by atoms with Gasteiger partial charge in [0.15, 0.2) is 0 Å². The molecule has 15 heavy (non-hydrogen) atoms. The zero-order valence-electron chi connectivity index (χ0n) is 10.4. The van der Waals surface area contributed by atoms with Crippen molar-refractivity contribution < 1.29 is 0 Å². The summed E-state index contributed by atoms with van der Waals surface area (Å²) in [6.45, 7) is 12.4. The Balaban J connectivity index is 2.38. The number of nitrogens with one attached hydrogen (secondary N) is 1. The molecule has 0 radical (unpaired) electrons. The SMILES string of the molecule is CC(NCC(C)C(C)(C)C)c1nccs1. The van der Waals surface area contributed by atoms with Crippen LogP contribution in [0.25, 0.3) is 0 Å². The van der Waals surface area contributed by atoms with Crippen LogP contribution in [0.15, 0.2) is 11.6 Å². The number of thiazole rings is 1. The molecule has 1 aromatic rings. The van der Waals surface area contributed by atoms with E-state index in [-0.39, 0.29) is 0 Å². The highest BCUT2D eigenvalue weighted by molar-refractivity contribution is 7.09. The molecule has 3 heteroatoms. The van der Waals surface area contributed by atoms with E-state index in [4.69, 9.17) is 0 Å². The van der Waals surface area contributed by atoms with Crippen molar-refractivity contribution in [2.75, 3.05) is 6.54 Å². The predicted octanol–water partition coefficient (Wildman–Crippen LogP) is 3.48. The largest absolute Gasteiger partial charge is 0.308 e. The van der Waals surface area contributed by atoms with Gasteiger partial charge in [-0.05, 0) is 24.8 Å². The third-order valence-electron chi connectivity index (χ3n) is 3.03. The molecule has 0 saturated carbocycles. The van der Waals surface area contributed by atoms with Gasteiger partial charge in [-0.1, -0.05) is 27.7 Å². The first-order valence-electron chi connectivity index (χ1n) is 5.54. The van der Waals surface area contributed by atoms with Crippen LogP contribution in [0.4, 0.5) is 0 Å². The van der Waals surface area contributed by atoms with Crippen LogP contribution in [0, 0.1) is 11.3 Å². The van der Waals surface area contributed by atoms with Gasteiger partial charge in [0.1, 0.15) is 5.01 Å². The molecule has 1 rings (SSSR count). The molecule has 2 unspecified atom stereocenters. The first-order chi connectivity index (χ1) is 6.91. The first kappa shape index (κ1) is 12.7. The van der Waals surface area contributed by atoms with Crippen molar-refractivity contribution in [2.24, 2.45) is 11.3 Å². The zero-order valence-corrected chi connectivity index (χ0v) is 11.2. The second-order valence-corrected chi connectivity index (χ2v) is 6.19. The van der Waals surface area contributed by atoms with Gasteiger partial charge in [-0.25, -0.2) is 4.98 Å². The molecule has 2 atom stereocenters. The smallest absolute Gasteiger partial charge is 0.109 e. The molecule has 1 aromatic heterocycles. The number of rotatable bonds is 4. The third kappa shape index (κ3) is 3.92. The summed E-state index contributed by atoms with van der Waals surface area (Å²) in [4.78, 5) is 4.31. The standard InChI is InChI=1S/C12H22N2S/c1-9(12(3,4)5)8-14-10(2)11-13-6-7-15-11/h6-7,9-10,14H,8H2,1-5H3. The summed E-state index contributed by atoms with van der Waals surface area (Å²) in [7, 11) is 0. The van der Waals surface area contributed by atoms with Gasteiger partial charge in [-0.15, -0.1) is 11.3 Å². The van der Waals surface area contributed by atoms with E-state index in [0.717, 1.165) is 6.54 Å². The molecule has 0 aliphatic carbocycles. The van der Waals surface area contributed by atoms with Crippen molar-refractivity contribution in [2.45, 2.75) is 40.7 Å². The molecular weight excluding hydrogens is 204 g/mol. The van der Waals surface area contributed by atoms with Crippen LogP contribution in [0.3, 0.4) is 0 Å². The second kappa shape index (κ2) is 5.08. The van der Waals surface area contributed by atoms with Crippen molar-refractivity contribution >= 4 is 11.3 Å². The Bertz CT molecular complexity index is 274. The highest BCUT2D eigenvalue weighted by atomic mass is 32.1. The lowest BCUT2D eigenvalue weighted by Gasteiger charge is -2.28. The molecule has 86 valence electrons. The van der Waals surface area contributed by atoms with Crippen LogP contribution >= 0.6 is 11.3 Å². The number of hydrogen-bond donors (Lipinski definition) is 1. The van der Waals surface area contributed by atoms with Crippen LogP contribution in [0.1, 0.15) is 45.7 Å². The lowest BCUT2D eigenvalue weighted by atomic mass is 9.82. The van der Waals surface area contributed by atoms with Crippen LogP contribution in [0.2, 0.25) is 0 Å². The van der Waals surface area contributed by atoms with Gasteiger partial charge in [0.2, 0.25) is 0 Å². The van der Waals surface area contributed by atoms with Gasteiger partial charge >= 0.3 is 0 Å². The lowest BCUT2D eigenvalue weighted by molar-refractivity contribution is 0.247. The summed E-state index contributed by atoms with van der Waals surface area (Å²) in [6.07, 6.45) is 1.87. The Morgan fingerprint density at radius 3 is 2.53 bits per heavy atom. The fourth-order valence-electron chi connectivity index (χ4n) is 1.20. The number of nitrogens with zero attached hydrogens (tertiary/aromatic N) is 1. The molecule has 0 aromatic carbocycles. The van der Waals surface area contributed by atoms with Crippen molar-refractivity contribution in [3.63, 3.8) is 0 Å². The van der Waals surface area contributed by atoms with Gasteiger partial charge in [0.25, 0.3) is 0 Å². The Kier molecular flexibility index (Phi) is 4.29. The Hall–Kier alpha value is -0.410. The Morgan fingerprint density at radius 2 is 2.07 bits per heavy atom. The van der Waals surface area contributed by atoms with Crippen molar-refractivity contribution in [1.29, 1.82) is 0 Å². The van der Waals surface area contributed by atoms with Gasteiger partial charge < -0.3 is 5.32 Å². The normalized spacial score (nSPS) is 16.3. The molecule has 0 amide bonds. The van der Waals surface area contributed by atoms with E-state index in [1.807, 2.05) is 11.6 Å². The fraction of sp³-hybridized carbons (Fsp3) is 0.750. The highest BCUT2D eigenvalue weighted by Crippen LogP contribution is 2.25. The molecule has 0 saturated heterocycles. The summed E-state index contributed by atoms with van der Waals surface area (Å²) in [5.74, 6) is 0.667. The monoisotopic (exact) mass is 226 g/mol. The summed E-state index contributed by atoms with van der Waals surface area (Å²) >= 11 is 1.72. The Labute approximate surface area is 97.1 Å². The first-order valence-corrected chi connectivity index (χ1v) is 6.42. The van der Waals surface area contributed by atoms with E-state index in [2.05, 4.69) is 44.9 Å². The molecule has 0 aliphatic heterocycles. The second-order valence-electron chi connectivity index (χ2n) is 5.27. The lowest BCUT2D eigenvalue weighted by Crippen LogP contribution is -2.31. The summed E-state index contributed by atoms with van der Waals surface area (Å²) in [5, 5.41) is 6.74. The van der Waals surface area contributed by atoms with Crippen molar-refractivity contribution in [3.8, 4) is 0 Å². The molecule has 0 spiro atoms. The fourth-order valence-corrected chi connectivity index (χ4v) is 1.87. The highest BCUT2D eigenvalue weighted by Gasteiger charge is 2.20. The summed E-state index contributed by atoms with van der Waals surface area (Å²) in [6, 6.07) is 0.370. The van der Waals surface area contributed by atoms with Gasteiger partial charge in [0, 0.05) is 11.6 Å². The number of aromatic nitrogens is 1. The topological polar surface area (TPSA) is 24.9 Å². The third-order valence-corrected chi connectivity index (χ3v) is 3.99. The minimum absolute atomic E-state index is 0.370.